The van der Waals surface area contributed by atoms with Gasteiger partial charge in [0.05, 0.1) is 13.0 Å². The zero-order valence-corrected chi connectivity index (χ0v) is 6.99. The van der Waals surface area contributed by atoms with E-state index in [4.69, 9.17) is 11.5 Å². The molecule has 1 N–H and O–H groups in total. The van der Waals surface area contributed by atoms with Gasteiger partial charge in [-0.15, -0.1) is 6.42 Å². The number of hydrogen-bond donors (Lipinski definition) is 1. The lowest BCUT2D eigenvalue weighted by molar-refractivity contribution is -0.137. The number of rotatable bonds is 5. The minimum Gasteiger partial charge on any atom is -0.481 e. The number of carbonyl (C=O) groups is 1. The molecule has 1 rings (SSSR count). The van der Waals surface area contributed by atoms with Gasteiger partial charge in [0.2, 0.25) is 0 Å². The van der Waals surface area contributed by atoms with Crippen molar-refractivity contribution >= 4 is 5.97 Å². The number of nitrogens with zero attached hydrogens (tertiary/aromatic N) is 1. The maximum Gasteiger partial charge on any atom is 0.304 e. The Labute approximate surface area is 72.4 Å². The van der Waals surface area contributed by atoms with Crippen LogP contribution in [0.15, 0.2) is 0 Å². The summed E-state index contributed by atoms with van der Waals surface area (Å²) in [5.74, 6) is 1.79. The van der Waals surface area contributed by atoms with E-state index in [1.54, 1.807) is 0 Å². The molecule has 0 amide bonds. The second-order valence-electron chi connectivity index (χ2n) is 3.05. The van der Waals surface area contributed by atoms with Crippen molar-refractivity contribution in [3.8, 4) is 12.3 Å². The van der Waals surface area contributed by atoms with Crippen LogP contribution in [0, 0.1) is 12.3 Å². The molecule has 3 nitrogen and oxygen atoms in total. The Balaban J connectivity index is 2.23. The van der Waals surface area contributed by atoms with E-state index in [-0.39, 0.29) is 6.42 Å². The maximum atomic E-state index is 10.3. The maximum absolute atomic E-state index is 10.3. The Kier molecular flexibility index (Phi) is 3.12. The Morgan fingerprint density at radius 3 is 2.75 bits per heavy atom. The highest BCUT2D eigenvalue weighted by molar-refractivity contribution is 5.66. The second-order valence-corrected chi connectivity index (χ2v) is 3.05. The number of carboxylic acid groups (broad SMARTS) is 1. The van der Waals surface area contributed by atoms with Gasteiger partial charge in [-0.2, -0.15) is 0 Å². The fraction of sp³-hybridized carbons (Fsp3) is 0.667. The number of carboxylic acids is 1. The first-order chi connectivity index (χ1) is 5.74. The summed E-state index contributed by atoms with van der Waals surface area (Å²) >= 11 is 0. The Bertz CT molecular complexity index is 203. The third kappa shape index (κ3) is 2.93. The lowest BCUT2D eigenvalue weighted by atomic mass is 10.3. The predicted molar refractivity (Wildman–Crippen MR) is 45.7 cm³/mol. The summed E-state index contributed by atoms with van der Waals surface area (Å²) in [5, 5.41) is 8.45. The van der Waals surface area contributed by atoms with Crippen molar-refractivity contribution in [1.29, 1.82) is 0 Å². The van der Waals surface area contributed by atoms with Gasteiger partial charge in [0.15, 0.2) is 0 Å². The number of terminal acetylenes is 1. The first kappa shape index (κ1) is 9.08. The second kappa shape index (κ2) is 4.13. The largest absolute Gasteiger partial charge is 0.481 e. The van der Waals surface area contributed by atoms with Gasteiger partial charge >= 0.3 is 5.97 Å². The molecule has 0 radical (unpaired) electrons. The zero-order valence-electron chi connectivity index (χ0n) is 6.99. The molecule has 0 aliphatic heterocycles. The standard InChI is InChI=1S/C9H13NO2/c1-2-6-10(8-3-4-8)7-5-9(11)12/h1,8H,3-7H2,(H,11,12). The quantitative estimate of drug-likeness (QED) is 0.608. The number of aliphatic carboxylic acids is 1. The molecule has 0 bridgehead atoms. The molecule has 1 saturated carbocycles. The van der Waals surface area contributed by atoms with E-state index in [0.29, 0.717) is 19.1 Å². The average molecular weight is 167 g/mol. The van der Waals surface area contributed by atoms with Crippen LogP contribution in [-0.4, -0.2) is 35.1 Å². The van der Waals surface area contributed by atoms with Gasteiger partial charge in [-0.05, 0) is 12.8 Å². The van der Waals surface area contributed by atoms with Gasteiger partial charge < -0.3 is 5.11 Å². The van der Waals surface area contributed by atoms with Crippen molar-refractivity contribution in [1.82, 2.24) is 4.90 Å². The van der Waals surface area contributed by atoms with Crippen molar-refractivity contribution in [2.24, 2.45) is 0 Å². The normalized spacial score (nSPS) is 16.0. The van der Waals surface area contributed by atoms with Crippen LogP contribution in [0.2, 0.25) is 0 Å². The molecule has 0 unspecified atom stereocenters. The summed E-state index contributed by atoms with van der Waals surface area (Å²) in [4.78, 5) is 12.3. The molecular weight excluding hydrogens is 154 g/mol. The van der Waals surface area contributed by atoms with Crippen LogP contribution in [-0.2, 0) is 4.79 Å². The summed E-state index contributed by atoms with van der Waals surface area (Å²) in [6, 6.07) is 0.556. The molecular formula is C9H13NO2. The molecule has 1 aliphatic carbocycles. The van der Waals surface area contributed by atoms with Crippen LogP contribution in [0.1, 0.15) is 19.3 Å². The first-order valence-electron chi connectivity index (χ1n) is 4.13. The smallest absolute Gasteiger partial charge is 0.304 e. The molecule has 0 heterocycles. The van der Waals surface area contributed by atoms with Crippen molar-refractivity contribution in [3.05, 3.63) is 0 Å². The molecule has 0 spiro atoms. The highest BCUT2D eigenvalue weighted by Gasteiger charge is 2.28. The van der Waals surface area contributed by atoms with Crippen LogP contribution in [0.4, 0.5) is 0 Å². The van der Waals surface area contributed by atoms with E-state index in [1.165, 1.54) is 12.8 Å². The van der Waals surface area contributed by atoms with Crippen molar-refractivity contribution in [2.75, 3.05) is 13.1 Å². The van der Waals surface area contributed by atoms with Crippen LogP contribution in [0.25, 0.3) is 0 Å². The van der Waals surface area contributed by atoms with E-state index in [0.717, 1.165) is 0 Å². The van der Waals surface area contributed by atoms with Gasteiger partial charge in [0.1, 0.15) is 0 Å². The summed E-state index contributed by atoms with van der Waals surface area (Å²) in [6.45, 7) is 1.17. The highest BCUT2D eigenvalue weighted by atomic mass is 16.4. The fourth-order valence-corrected chi connectivity index (χ4v) is 1.19. The lowest BCUT2D eigenvalue weighted by Crippen LogP contribution is -2.28. The third-order valence-electron chi connectivity index (χ3n) is 1.97. The zero-order chi connectivity index (χ0) is 8.97. The monoisotopic (exact) mass is 167 g/mol. The molecule has 12 heavy (non-hydrogen) atoms. The highest BCUT2D eigenvalue weighted by Crippen LogP contribution is 2.26. The van der Waals surface area contributed by atoms with Gasteiger partial charge in [0.25, 0.3) is 0 Å². The molecule has 0 aromatic rings. The summed E-state index contributed by atoms with van der Waals surface area (Å²) in [7, 11) is 0. The molecule has 0 atom stereocenters. The fourth-order valence-electron chi connectivity index (χ4n) is 1.19. The van der Waals surface area contributed by atoms with E-state index in [9.17, 15) is 4.79 Å². The minimum absolute atomic E-state index is 0.193. The Morgan fingerprint density at radius 2 is 2.33 bits per heavy atom. The van der Waals surface area contributed by atoms with Gasteiger partial charge in [0, 0.05) is 12.6 Å². The van der Waals surface area contributed by atoms with E-state index in [2.05, 4.69) is 10.8 Å². The molecule has 0 saturated heterocycles. The molecule has 0 aromatic heterocycles. The van der Waals surface area contributed by atoms with Gasteiger partial charge in [-0.3, -0.25) is 9.69 Å². The predicted octanol–water partition coefficient (Wildman–Crippen LogP) is 0.559. The SMILES string of the molecule is C#CCN(CCC(=O)O)C1CC1. The van der Waals surface area contributed by atoms with E-state index >= 15 is 0 Å². The van der Waals surface area contributed by atoms with Gasteiger partial charge in [-0.1, -0.05) is 5.92 Å². The Hall–Kier alpha value is -1.01. The molecule has 1 fully saturated rings. The van der Waals surface area contributed by atoms with Crippen LogP contribution in [0.3, 0.4) is 0 Å². The van der Waals surface area contributed by atoms with Crippen LogP contribution < -0.4 is 0 Å². The van der Waals surface area contributed by atoms with Crippen LogP contribution >= 0.6 is 0 Å². The summed E-state index contributed by atoms with van der Waals surface area (Å²) in [5.41, 5.74) is 0. The van der Waals surface area contributed by atoms with Crippen LogP contribution in [0.5, 0.6) is 0 Å². The average Bonchev–Trinajstić information content (AvgIpc) is 2.79. The minimum atomic E-state index is -0.752. The molecule has 66 valence electrons. The third-order valence-corrected chi connectivity index (χ3v) is 1.97. The van der Waals surface area contributed by atoms with Gasteiger partial charge in [-0.25, -0.2) is 0 Å². The van der Waals surface area contributed by atoms with Crippen molar-refractivity contribution < 1.29 is 9.90 Å². The summed E-state index contributed by atoms with van der Waals surface area (Å²) in [6.07, 6.45) is 7.69. The van der Waals surface area contributed by atoms with Crippen molar-refractivity contribution in [3.63, 3.8) is 0 Å². The topological polar surface area (TPSA) is 40.5 Å². The van der Waals surface area contributed by atoms with Crippen molar-refractivity contribution in [2.45, 2.75) is 25.3 Å². The van der Waals surface area contributed by atoms with E-state index < -0.39 is 5.97 Å². The molecule has 1 aliphatic rings. The Morgan fingerprint density at radius 1 is 1.67 bits per heavy atom. The molecule has 3 heteroatoms. The van der Waals surface area contributed by atoms with E-state index in [1.807, 2.05) is 0 Å². The molecule has 0 aromatic carbocycles. The first-order valence-corrected chi connectivity index (χ1v) is 4.13. The lowest BCUT2D eigenvalue weighted by Gasteiger charge is -2.17. The summed E-state index contributed by atoms with van der Waals surface area (Å²) < 4.78 is 0. The number of hydrogen-bond acceptors (Lipinski definition) is 2.